The molecule has 1 N–H and O–H groups in total. The fourth-order valence-electron chi connectivity index (χ4n) is 1.70. The van der Waals surface area contributed by atoms with Crippen molar-refractivity contribution in [1.82, 2.24) is 0 Å². The summed E-state index contributed by atoms with van der Waals surface area (Å²) in [5, 5.41) is 9.64. The highest BCUT2D eigenvalue weighted by Crippen LogP contribution is 2.27. The number of para-hydroxylation sites is 2. The van der Waals surface area contributed by atoms with Crippen LogP contribution in [0.15, 0.2) is 55.1 Å². The number of hydrogen-bond acceptors (Lipinski definition) is 4. The van der Waals surface area contributed by atoms with E-state index in [-0.39, 0.29) is 11.3 Å². The van der Waals surface area contributed by atoms with Crippen molar-refractivity contribution >= 4 is 11.7 Å². The van der Waals surface area contributed by atoms with Crippen LogP contribution in [0.25, 0.3) is 5.76 Å². The summed E-state index contributed by atoms with van der Waals surface area (Å²) >= 11 is 0. The number of esters is 1. The number of phenols is 1. The smallest absolute Gasteiger partial charge is 0.347 e. The van der Waals surface area contributed by atoms with Crippen molar-refractivity contribution in [1.29, 1.82) is 0 Å². The van der Waals surface area contributed by atoms with Crippen molar-refractivity contribution in [3.8, 4) is 11.5 Å². The van der Waals surface area contributed by atoms with Crippen LogP contribution in [-0.4, -0.2) is 18.2 Å². The second-order valence-corrected chi connectivity index (χ2v) is 4.03. The Morgan fingerprint density at radius 3 is 2.30 bits per heavy atom. The van der Waals surface area contributed by atoms with E-state index in [1.807, 2.05) is 0 Å². The summed E-state index contributed by atoms with van der Waals surface area (Å²) in [5.74, 6) is -0.0433. The van der Waals surface area contributed by atoms with E-state index in [1.165, 1.54) is 19.2 Å². The summed E-state index contributed by atoms with van der Waals surface area (Å²) < 4.78 is 10.3. The van der Waals surface area contributed by atoms with Crippen molar-refractivity contribution in [2.75, 3.05) is 7.11 Å². The van der Waals surface area contributed by atoms with Crippen molar-refractivity contribution in [2.45, 2.75) is 0 Å². The van der Waals surface area contributed by atoms with Crippen LogP contribution < -0.4 is 4.74 Å². The van der Waals surface area contributed by atoms with Gasteiger partial charge in [-0.1, -0.05) is 30.8 Å². The Morgan fingerprint density at radius 1 is 1.05 bits per heavy atom. The minimum Gasteiger partial charge on any atom is -0.507 e. The minimum absolute atomic E-state index is 0.102. The summed E-state index contributed by atoms with van der Waals surface area (Å²) in [6.45, 7) is 3.74. The van der Waals surface area contributed by atoms with Gasteiger partial charge in [0.1, 0.15) is 22.8 Å². The average Bonchev–Trinajstić information content (AvgIpc) is 2.47. The van der Waals surface area contributed by atoms with Crippen LogP contribution in [0.4, 0.5) is 0 Å². The predicted octanol–water partition coefficient (Wildman–Crippen LogP) is 3.23. The molecule has 4 heteroatoms. The first-order valence-electron chi connectivity index (χ1n) is 5.96. The van der Waals surface area contributed by atoms with Gasteiger partial charge in [-0.15, -0.1) is 0 Å². The molecule has 20 heavy (non-hydrogen) atoms. The van der Waals surface area contributed by atoms with E-state index in [0.717, 1.165) is 0 Å². The molecule has 0 saturated heterocycles. The molecule has 0 unspecified atom stereocenters. The zero-order chi connectivity index (χ0) is 14.5. The Hall–Kier alpha value is -2.75. The number of carbonyl (C=O) groups excluding carboxylic acids is 1. The molecule has 0 aliphatic rings. The molecule has 0 amide bonds. The highest BCUT2D eigenvalue weighted by Gasteiger charge is 2.15. The molecule has 0 aliphatic carbocycles. The molecule has 0 fully saturated rings. The maximum Gasteiger partial charge on any atom is 0.347 e. The minimum atomic E-state index is -0.639. The number of aromatic hydroxyl groups is 1. The number of hydrogen-bond donors (Lipinski definition) is 1. The van der Waals surface area contributed by atoms with Crippen LogP contribution in [0.1, 0.15) is 15.9 Å². The largest absolute Gasteiger partial charge is 0.507 e. The Kier molecular flexibility index (Phi) is 4.05. The average molecular weight is 270 g/mol. The van der Waals surface area contributed by atoms with Gasteiger partial charge in [0.25, 0.3) is 0 Å². The first kappa shape index (κ1) is 13.7. The molecule has 0 aliphatic heterocycles. The van der Waals surface area contributed by atoms with Gasteiger partial charge in [0.2, 0.25) is 0 Å². The van der Waals surface area contributed by atoms with E-state index in [9.17, 15) is 9.90 Å². The highest BCUT2D eigenvalue weighted by molar-refractivity contribution is 5.94. The number of ether oxygens (including phenoxy) is 2. The highest BCUT2D eigenvalue weighted by atomic mass is 16.5. The quantitative estimate of drug-likeness (QED) is 0.526. The van der Waals surface area contributed by atoms with Crippen LogP contribution in [0, 0.1) is 0 Å². The van der Waals surface area contributed by atoms with Crippen molar-refractivity contribution < 1.29 is 19.4 Å². The number of carbonyl (C=O) groups is 1. The molecular weight excluding hydrogens is 256 g/mol. The van der Waals surface area contributed by atoms with Gasteiger partial charge in [-0.05, 0) is 24.3 Å². The summed E-state index contributed by atoms with van der Waals surface area (Å²) in [5.41, 5.74) is 0.684. The van der Waals surface area contributed by atoms with E-state index < -0.39 is 5.97 Å². The lowest BCUT2D eigenvalue weighted by atomic mass is 10.1. The molecule has 2 aromatic carbocycles. The first-order chi connectivity index (χ1) is 9.63. The standard InChI is InChI=1S/C16H14O4/c1-11(19-2)12-7-4-6-10-15(12)20-16(18)13-8-3-5-9-14(13)17/h3-10,17H,1H2,2H3. The lowest BCUT2D eigenvalue weighted by Gasteiger charge is -2.11. The lowest BCUT2D eigenvalue weighted by molar-refractivity contribution is 0.0731. The Morgan fingerprint density at radius 2 is 1.65 bits per heavy atom. The molecule has 2 rings (SSSR count). The van der Waals surface area contributed by atoms with Gasteiger partial charge in [0, 0.05) is 0 Å². The molecule has 0 heterocycles. The molecule has 102 valence electrons. The van der Waals surface area contributed by atoms with Gasteiger partial charge in [-0.25, -0.2) is 4.79 Å². The predicted molar refractivity (Wildman–Crippen MR) is 75.6 cm³/mol. The molecule has 4 nitrogen and oxygen atoms in total. The molecule has 0 atom stereocenters. The topological polar surface area (TPSA) is 55.8 Å². The van der Waals surface area contributed by atoms with Gasteiger partial charge in [0.05, 0.1) is 12.7 Å². The summed E-state index contributed by atoms with van der Waals surface area (Å²) in [6.07, 6.45) is 0. The van der Waals surface area contributed by atoms with E-state index >= 15 is 0 Å². The zero-order valence-electron chi connectivity index (χ0n) is 11.0. The second kappa shape index (κ2) is 5.93. The van der Waals surface area contributed by atoms with Crippen LogP contribution in [0.2, 0.25) is 0 Å². The molecule has 0 radical (unpaired) electrons. The molecule has 0 aromatic heterocycles. The van der Waals surface area contributed by atoms with Crippen molar-refractivity contribution in [3.63, 3.8) is 0 Å². The van der Waals surface area contributed by atoms with Crippen molar-refractivity contribution in [3.05, 3.63) is 66.2 Å². The van der Waals surface area contributed by atoms with Crippen LogP contribution >= 0.6 is 0 Å². The number of benzene rings is 2. The Bertz CT molecular complexity index is 646. The van der Waals surface area contributed by atoms with E-state index in [1.54, 1.807) is 36.4 Å². The Balaban J connectivity index is 2.29. The van der Waals surface area contributed by atoms with Crippen LogP contribution in [-0.2, 0) is 4.74 Å². The molecule has 2 aromatic rings. The normalized spacial score (nSPS) is 9.85. The SMILES string of the molecule is C=C(OC)c1ccccc1OC(=O)c1ccccc1O. The van der Waals surface area contributed by atoms with Crippen LogP contribution in [0.3, 0.4) is 0 Å². The van der Waals surface area contributed by atoms with Gasteiger partial charge in [0.15, 0.2) is 0 Å². The van der Waals surface area contributed by atoms with Gasteiger partial charge >= 0.3 is 5.97 Å². The summed E-state index contributed by atoms with van der Waals surface area (Å²) in [7, 11) is 1.49. The maximum absolute atomic E-state index is 12.0. The fourth-order valence-corrected chi connectivity index (χ4v) is 1.70. The number of methoxy groups -OCH3 is 1. The Labute approximate surface area is 116 Å². The lowest BCUT2D eigenvalue weighted by Crippen LogP contribution is -2.10. The maximum atomic E-state index is 12.0. The van der Waals surface area contributed by atoms with Gasteiger partial charge in [-0.2, -0.15) is 0 Å². The van der Waals surface area contributed by atoms with E-state index in [0.29, 0.717) is 17.1 Å². The van der Waals surface area contributed by atoms with Crippen LogP contribution in [0.5, 0.6) is 11.5 Å². The van der Waals surface area contributed by atoms with E-state index in [4.69, 9.17) is 9.47 Å². The first-order valence-corrected chi connectivity index (χ1v) is 5.96. The zero-order valence-corrected chi connectivity index (χ0v) is 11.0. The van der Waals surface area contributed by atoms with Crippen molar-refractivity contribution in [2.24, 2.45) is 0 Å². The number of rotatable bonds is 4. The third kappa shape index (κ3) is 2.80. The second-order valence-electron chi connectivity index (χ2n) is 4.03. The third-order valence-electron chi connectivity index (χ3n) is 2.76. The third-order valence-corrected chi connectivity index (χ3v) is 2.76. The molecule has 0 saturated carbocycles. The van der Waals surface area contributed by atoms with Gasteiger partial charge < -0.3 is 14.6 Å². The monoisotopic (exact) mass is 270 g/mol. The fraction of sp³-hybridized carbons (Fsp3) is 0.0625. The van der Waals surface area contributed by atoms with E-state index in [2.05, 4.69) is 6.58 Å². The summed E-state index contributed by atoms with van der Waals surface area (Å²) in [6, 6.07) is 13.1. The summed E-state index contributed by atoms with van der Waals surface area (Å²) in [4.78, 5) is 12.0. The van der Waals surface area contributed by atoms with Gasteiger partial charge in [-0.3, -0.25) is 0 Å². The molecule has 0 bridgehead atoms. The molecule has 0 spiro atoms. The molecular formula is C16H14O4. The number of phenolic OH excluding ortho intramolecular Hbond substituents is 1.